The molecule has 2 amide bonds. The second-order valence-electron chi connectivity index (χ2n) is 5.27. The van der Waals surface area contributed by atoms with E-state index >= 15 is 0 Å². The molecule has 4 nitrogen and oxygen atoms in total. The van der Waals surface area contributed by atoms with Gasteiger partial charge in [-0.2, -0.15) is 13.2 Å². The van der Waals surface area contributed by atoms with Gasteiger partial charge in [-0.05, 0) is 49.4 Å². The van der Waals surface area contributed by atoms with Gasteiger partial charge in [0.25, 0.3) is 5.91 Å². The number of rotatable bonds is 4. The number of nitrogens with one attached hydrogen (secondary N) is 2. The normalized spacial score (nSPS) is 12.4. The van der Waals surface area contributed by atoms with Gasteiger partial charge in [0.2, 0.25) is 5.91 Å². The van der Waals surface area contributed by atoms with Gasteiger partial charge in [0, 0.05) is 16.3 Å². The van der Waals surface area contributed by atoms with E-state index in [0.717, 1.165) is 12.1 Å². The average molecular weight is 371 g/mol. The summed E-state index contributed by atoms with van der Waals surface area (Å²) >= 11 is 5.73. The molecule has 0 radical (unpaired) electrons. The Balaban J connectivity index is 2.01. The highest BCUT2D eigenvalue weighted by Gasteiger charge is 2.30. The quantitative estimate of drug-likeness (QED) is 0.850. The van der Waals surface area contributed by atoms with Gasteiger partial charge in [0.1, 0.15) is 6.04 Å². The number of anilines is 1. The van der Waals surface area contributed by atoms with E-state index in [0.29, 0.717) is 10.6 Å². The molecule has 0 aromatic heterocycles. The van der Waals surface area contributed by atoms with Crippen LogP contribution < -0.4 is 10.6 Å². The first-order valence-electron chi connectivity index (χ1n) is 7.21. The van der Waals surface area contributed by atoms with Crippen LogP contribution in [0.3, 0.4) is 0 Å². The Morgan fingerprint density at radius 2 is 1.72 bits per heavy atom. The van der Waals surface area contributed by atoms with E-state index in [1.54, 1.807) is 0 Å². The number of benzene rings is 2. The summed E-state index contributed by atoms with van der Waals surface area (Å²) in [7, 11) is 0. The van der Waals surface area contributed by atoms with Crippen molar-refractivity contribution in [2.24, 2.45) is 0 Å². The summed E-state index contributed by atoms with van der Waals surface area (Å²) in [6.07, 6.45) is -4.50. The summed E-state index contributed by atoms with van der Waals surface area (Å²) in [6, 6.07) is 9.36. The van der Waals surface area contributed by atoms with Gasteiger partial charge in [0.05, 0.1) is 5.56 Å². The van der Waals surface area contributed by atoms with Crippen molar-refractivity contribution >= 4 is 29.1 Å². The molecule has 0 saturated carbocycles. The summed E-state index contributed by atoms with van der Waals surface area (Å²) in [5.41, 5.74) is -0.571. The van der Waals surface area contributed by atoms with Crippen molar-refractivity contribution in [2.45, 2.75) is 19.1 Å². The third-order valence-corrected chi connectivity index (χ3v) is 3.56. The lowest BCUT2D eigenvalue weighted by molar-refractivity contribution is -0.137. The Labute approximate surface area is 147 Å². The second kappa shape index (κ2) is 7.57. The first kappa shape index (κ1) is 18.8. The van der Waals surface area contributed by atoms with Crippen LogP contribution >= 0.6 is 11.6 Å². The minimum absolute atomic E-state index is 0.00702. The standard InChI is InChI=1S/C17H14ClF3N2O2/c1-10(22-16(25)11-5-7-13(18)8-6-11)15(24)23-14-4-2-3-12(9-14)17(19,20)21/h2-10H,1H3,(H,22,25)(H,23,24). The average Bonchev–Trinajstić information content (AvgIpc) is 2.54. The maximum absolute atomic E-state index is 12.7. The molecule has 0 aliphatic heterocycles. The Hall–Kier alpha value is -2.54. The molecule has 0 saturated heterocycles. The van der Waals surface area contributed by atoms with E-state index in [4.69, 9.17) is 11.6 Å². The molecular formula is C17H14ClF3N2O2. The van der Waals surface area contributed by atoms with Crippen LogP contribution in [-0.2, 0) is 11.0 Å². The van der Waals surface area contributed by atoms with Crippen molar-refractivity contribution < 1.29 is 22.8 Å². The molecule has 0 heterocycles. The lowest BCUT2D eigenvalue weighted by atomic mass is 10.1. The van der Waals surface area contributed by atoms with Crippen molar-refractivity contribution in [1.29, 1.82) is 0 Å². The van der Waals surface area contributed by atoms with E-state index in [9.17, 15) is 22.8 Å². The first-order chi connectivity index (χ1) is 11.7. The summed E-state index contributed by atoms with van der Waals surface area (Å²) < 4.78 is 38.0. The minimum Gasteiger partial charge on any atom is -0.341 e. The van der Waals surface area contributed by atoms with Crippen LogP contribution in [0.2, 0.25) is 5.02 Å². The lowest BCUT2D eigenvalue weighted by Gasteiger charge is -2.15. The Bertz CT molecular complexity index is 776. The molecule has 1 unspecified atom stereocenters. The summed E-state index contributed by atoms with van der Waals surface area (Å²) in [4.78, 5) is 24.1. The van der Waals surface area contributed by atoms with Crippen LogP contribution in [0.4, 0.5) is 18.9 Å². The number of carbonyl (C=O) groups is 2. The zero-order valence-electron chi connectivity index (χ0n) is 13.0. The van der Waals surface area contributed by atoms with Crippen molar-refractivity contribution in [3.05, 3.63) is 64.7 Å². The number of carbonyl (C=O) groups excluding carboxylic acids is 2. The van der Waals surface area contributed by atoms with Gasteiger partial charge < -0.3 is 10.6 Å². The third kappa shape index (κ3) is 5.22. The predicted octanol–water partition coefficient (Wildman–Crippen LogP) is 4.12. The number of alkyl halides is 3. The van der Waals surface area contributed by atoms with E-state index in [1.165, 1.54) is 43.3 Å². The molecule has 2 aromatic carbocycles. The van der Waals surface area contributed by atoms with Gasteiger partial charge >= 0.3 is 6.18 Å². The topological polar surface area (TPSA) is 58.2 Å². The van der Waals surface area contributed by atoms with Gasteiger partial charge in [-0.3, -0.25) is 9.59 Å². The molecule has 0 spiro atoms. The minimum atomic E-state index is -4.50. The fourth-order valence-electron chi connectivity index (χ4n) is 1.97. The maximum Gasteiger partial charge on any atom is 0.416 e. The van der Waals surface area contributed by atoms with Gasteiger partial charge in [0.15, 0.2) is 0 Å². The van der Waals surface area contributed by atoms with E-state index in [2.05, 4.69) is 10.6 Å². The molecule has 0 aliphatic rings. The van der Waals surface area contributed by atoms with Gasteiger partial charge in [-0.25, -0.2) is 0 Å². The number of hydrogen-bond donors (Lipinski definition) is 2. The van der Waals surface area contributed by atoms with Crippen LogP contribution in [-0.4, -0.2) is 17.9 Å². The van der Waals surface area contributed by atoms with Crippen molar-refractivity contribution in [1.82, 2.24) is 5.32 Å². The molecule has 2 N–H and O–H groups in total. The van der Waals surface area contributed by atoms with Crippen molar-refractivity contribution in [3.8, 4) is 0 Å². The molecule has 1 atom stereocenters. The second-order valence-corrected chi connectivity index (χ2v) is 5.71. The molecule has 0 bridgehead atoms. The zero-order valence-corrected chi connectivity index (χ0v) is 13.8. The smallest absolute Gasteiger partial charge is 0.341 e. The molecule has 0 fully saturated rings. The van der Waals surface area contributed by atoms with Crippen LogP contribution in [0.1, 0.15) is 22.8 Å². The predicted molar refractivity (Wildman–Crippen MR) is 88.5 cm³/mol. The number of hydrogen-bond acceptors (Lipinski definition) is 2. The fraction of sp³-hybridized carbons (Fsp3) is 0.176. The van der Waals surface area contributed by atoms with E-state index < -0.39 is 29.6 Å². The van der Waals surface area contributed by atoms with Crippen molar-refractivity contribution in [2.75, 3.05) is 5.32 Å². The van der Waals surface area contributed by atoms with Crippen molar-refractivity contribution in [3.63, 3.8) is 0 Å². The summed E-state index contributed by atoms with van der Waals surface area (Å²) in [5.74, 6) is -1.13. The molecule has 25 heavy (non-hydrogen) atoms. The fourth-order valence-corrected chi connectivity index (χ4v) is 2.10. The Morgan fingerprint density at radius 1 is 1.08 bits per heavy atom. The Kier molecular flexibility index (Phi) is 5.69. The zero-order chi connectivity index (χ0) is 18.6. The molecule has 8 heteroatoms. The number of amides is 2. The highest BCUT2D eigenvalue weighted by Crippen LogP contribution is 2.30. The van der Waals surface area contributed by atoms with Gasteiger partial charge in [-0.15, -0.1) is 0 Å². The molecule has 0 aliphatic carbocycles. The van der Waals surface area contributed by atoms with E-state index in [1.807, 2.05) is 0 Å². The third-order valence-electron chi connectivity index (χ3n) is 3.30. The SMILES string of the molecule is CC(NC(=O)c1ccc(Cl)cc1)C(=O)Nc1cccc(C(F)(F)F)c1. The highest BCUT2D eigenvalue weighted by atomic mass is 35.5. The van der Waals surface area contributed by atoms with Crippen LogP contribution in [0.25, 0.3) is 0 Å². The lowest BCUT2D eigenvalue weighted by Crippen LogP contribution is -2.41. The summed E-state index contributed by atoms with van der Waals surface area (Å²) in [6.45, 7) is 1.43. The van der Waals surface area contributed by atoms with E-state index in [-0.39, 0.29) is 5.69 Å². The number of halogens is 4. The molecule has 2 rings (SSSR count). The first-order valence-corrected chi connectivity index (χ1v) is 7.59. The van der Waals surface area contributed by atoms with Crippen LogP contribution in [0, 0.1) is 0 Å². The summed E-state index contributed by atoms with van der Waals surface area (Å²) in [5, 5.41) is 5.27. The molecule has 2 aromatic rings. The molecular weight excluding hydrogens is 357 g/mol. The monoisotopic (exact) mass is 370 g/mol. The maximum atomic E-state index is 12.7. The highest BCUT2D eigenvalue weighted by molar-refractivity contribution is 6.30. The van der Waals surface area contributed by atoms with Gasteiger partial charge in [-0.1, -0.05) is 17.7 Å². The van der Waals surface area contributed by atoms with Crippen LogP contribution in [0.15, 0.2) is 48.5 Å². The largest absolute Gasteiger partial charge is 0.416 e. The van der Waals surface area contributed by atoms with Crippen LogP contribution in [0.5, 0.6) is 0 Å². The Morgan fingerprint density at radius 3 is 2.32 bits per heavy atom. The molecule has 132 valence electrons.